The minimum absolute atomic E-state index is 0.105. The fourth-order valence-electron chi connectivity index (χ4n) is 5.03. The Morgan fingerprint density at radius 2 is 2.12 bits per heavy atom. The standard InChI is InChI=1S/C20H24N2O2/c1-21-14-17-13-18(22-11-4-10-20(17,22)19(21)24)16-8-6-15(7-9-16)5-2-3-12-23/h6-9,17-18,23H,3-4,10-14H2,1H3/t17-,18-,20-/m0/s1. The van der Waals surface area contributed by atoms with Gasteiger partial charge in [-0.3, -0.25) is 9.69 Å². The molecule has 4 heteroatoms. The first-order valence-corrected chi connectivity index (χ1v) is 8.89. The Morgan fingerprint density at radius 1 is 1.33 bits per heavy atom. The van der Waals surface area contributed by atoms with E-state index in [-0.39, 0.29) is 12.1 Å². The number of hydrogen-bond donors (Lipinski definition) is 1. The van der Waals surface area contributed by atoms with E-state index in [0.29, 0.717) is 24.3 Å². The molecule has 1 aromatic rings. The van der Waals surface area contributed by atoms with Gasteiger partial charge in [-0.1, -0.05) is 24.0 Å². The lowest BCUT2D eigenvalue weighted by molar-refractivity contribution is -0.135. The number of nitrogens with zero attached hydrogens (tertiary/aromatic N) is 2. The van der Waals surface area contributed by atoms with Crippen molar-refractivity contribution in [3.63, 3.8) is 0 Å². The fourth-order valence-corrected chi connectivity index (χ4v) is 5.03. The first kappa shape index (κ1) is 15.7. The van der Waals surface area contributed by atoms with E-state index < -0.39 is 0 Å². The lowest BCUT2D eigenvalue weighted by Gasteiger charge is -2.33. The van der Waals surface area contributed by atoms with Gasteiger partial charge < -0.3 is 10.0 Å². The molecule has 1 amide bonds. The van der Waals surface area contributed by atoms with Gasteiger partial charge in [-0.15, -0.1) is 0 Å². The van der Waals surface area contributed by atoms with Crippen LogP contribution in [0.4, 0.5) is 0 Å². The summed E-state index contributed by atoms with van der Waals surface area (Å²) in [5.41, 5.74) is 2.06. The highest BCUT2D eigenvalue weighted by atomic mass is 16.2. The van der Waals surface area contributed by atoms with Crippen molar-refractivity contribution in [2.24, 2.45) is 5.92 Å². The molecule has 126 valence electrons. The molecule has 3 fully saturated rings. The molecule has 1 N–H and O–H groups in total. The largest absolute Gasteiger partial charge is 0.395 e. The summed E-state index contributed by atoms with van der Waals surface area (Å²) < 4.78 is 0. The molecule has 3 aliphatic heterocycles. The summed E-state index contributed by atoms with van der Waals surface area (Å²) in [7, 11) is 1.95. The van der Waals surface area contributed by atoms with E-state index in [4.69, 9.17) is 5.11 Å². The van der Waals surface area contributed by atoms with Crippen LogP contribution in [0.25, 0.3) is 0 Å². The molecule has 0 bridgehead atoms. The number of likely N-dealkylation sites (tertiary alicyclic amines) is 1. The molecule has 3 aliphatic rings. The van der Waals surface area contributed by atoms with E-state index in [9.17, 15) is 4.79 Å². The van der Waals surface area contributed by atoms with Crippen molar-refractivity contribution in [2.45, 2.75) is 37.3 Å². The van der Waals surface area contributed by atoms with Crippen LogP contribution < -0.4 is 0 Å². The van der Waals surface area contributed by atoms with Gasteiger partial charge in [0, 0.05) is 37.5 Å². The smallest absolute Gasteiger partial charge is 0.243 e. The van der Waals surface area contributed by atoms with Crippen LogP contribution >= 0.6 is 0 Å². The number of hydrogen-bond acceptors (Lipinski definition) is 3. The fraction of sp³-hybridized carbons (Fsp3) is 0.550. The van der Waals surface area contributed by atoms with Crippen molar-refractivity contribution in [1.82, 2.24) is 9.80 Å². The molecule has 4 rings (SSSR count). The predicted molar refractivity (Wildman–Crippen MR) is 92.2 cm³/mol. The van der Waals surface area contributed by atoms with Crippen LogP contribution in [0.5, 0.6) is 0 Å². The van der Waals surface area contributed by atoms with Crippen LogP contribution in [-0.2, 0) is 4.79 Å². The summed E-state index contributed by atoms with van der Waals surface area (Å²) in [6.07, 6.45) is 3.73. The third-order valence-electron chi connectivity index (χ3n) is 6.01. The number of carbonyl (C=O) groups is 1. The van der Waals surface area contributed by atoms with Crippen LogP contribution in [0.3, 0.4) is 0 Å². The number of aliphatic hydroxyl groups is 1. The number of amides is 1. The van der Waals surface area contributed by atoms with E-state index in [2.05, 4.69) is 41.0 Å². The number of aliphatic hydroxyl groups excluding tert-OH is 1. The van der Waals surface area contributed by atoms with Crippen LogP contribution in [0.1, 0.15) is 42.9 Å². The second kappa shape index (κ2) is 5.91. The highest BCUT2D eigenvalue weighted by molar-refractivity contribution is 5.90. The Balaban J connectivity index is 1.58. The summed E-state index contributed by atoms with van der Waals surface area (Å²) in [5.74, 6) is 6.83. The minimum atomic E-state index is -0.223. The maximum absolute atomic E-state index is 12.8. The van der Waals surface area contributed by atoms with Crippen molar-refractivity contribution in [2.75, 3.05) is 26.7 Å². The van der Waals surface area contributed by atoms with E-state index in [1.54, 1.807) is 0 Å². The van der Waals surface area contributed by atoms with Gasteiger partial charge in [0.25, 0.3) is 0 Å². The van der Waals surface area contributed by atoms with Crippen LogP contribution in [0.15, 0.2) is 24.3 Å². The van der Waals surface area contributed by atoms with Crippen LogP contribution in [0, 0.1) is 17.8 Å². The molecular weight excluding hydrogens is 300 g/mol. The van der Waals surface area contributed by atoms with Crippen LogP contribution in [0.2, 0.25) is 0 Å². The summed E-state index contributed by atoms with van der Waals surface area (Å²) in [6.45, 7) is 2.03. The molecule has 0 aliphatic carbocycles. The minimum Gasteiger partial charge on any atom is -0.395 e. The Morgan fingerprint density at radius 3 is 2.88 bits per heavy atom. The summed E-state index contributed by atoms with van der Waals surface area (Å²) >= 11 is 0. The van der Waals surface area contributed by atoms with E-state index in [1.807, 2.05) is 11.9 Å². The van der Waals surface area contributed by atoms with Crippen LogP contribution in [-0.4, -0.2) is 53.1 Å². The average Bonchev–Trinajstić information content (AvgIpc) is 3.21. The Hall–Kier alpha value is -1.83. The Kier molecular flexibility index (Phi) is 3.86. The summed E-state index contributed by atoms with van der Waals surface area (Å²) in [6, 6.07) is 8.80. The molecular formula is C20H24N2O2. The molecule has 3 saturated heterocycles. The normalized spacial score (nSPS) is 31.8. The molecule has 0 radical (unpaired) electrons. The zero-order valence-electron chi connectivity index (χ0n) is 14.2. The SMILES string of the molecule is CN1C[C@@H]2C[C@@H](c3ccc(C#CCCO)cc3)N3CCC[C@@]23C1=O. The van der Waals surface area contributed by atoms with Gasteiger partial charge in [0.2, 0.25) is 5.91 Å². The van der Waals surface area contributed by atoms with Gasteiger partial charge in [-0.2, -0.15) is 0 Å². The lowest BCUT2D eigenvalue weighted by atomic mass is 9.85. The van der Waals surface area contributed by atoms with Gasteiger partial charge in [0.05, 0.1) is 6.61 Å². The molecule has 0 saturated carbocycles. The van der Waals surface area contributed by atoms with Crippen molar-refractivity contribution >= 4 is 5.91 Å². The highest BCUT2D eigenvalue weighted by Gasteiger charge is 2.64. The maximum Gasteiger partial charge on any atom is 0.243 e. The third kappa shape index (κ3) is 2.19. The van der Waals surface area contributed by atoms with Crippen molar-refractivity contribution in [3.8, 4) is 11.8 Å². The lowest BCUT2D eigenvalue weighted by Crippen LogP contribution is -2.49. The number of benzene rings is 1. The van der Waals surface area contributed by atoms with Gasteiger partial charge in [0.15, 0.2) is 0 Å². The molecule has 3 heterocycles. The zero-order valence-corrected chi connectivity index (χ0v) is 14.2. The summed E-state index contributed by atoms with van der Waals surface area (Å²) in [5, 5.41) is 8.80. The zero-order chi connectivity index (χ0) is 16.7. The van der Waals surface area contributed by atoms with Gasteiger partial charge in [-0.25, -0.2) is 0 Å². The van der Waals surface area contributed by atoms with Gasteiger partial charge in [-0.05, 0) is 43.5 Å². The Bertz CT molecular complexity index is 703. The first-order chi connectivity index (χ1) is 11.7. The number of carbonyl (C=O) groups excluding carboxylic acids is 1. The topological polar surface area (TPSA) is 43.8 Å². The monoisotopic (exact) mass is 324 g/mol. The third-order valence-corrected chi connectivity index (χ3v) is 6.01. The Labute approximate surface area is 143 Å². The molecule has 0 unspecified atom stereocenters. The quantitative estimate of drug-likeness (QED) is 0.844. The van der Waals surface area contributed by atoms with Crippen molar-refractivity contribution < 1.29 is 9.90 Å². The van der Waals surface area contributed by atoms with Crippen molar-refractivity contribution in [3.05, 3.63) is 35.4 Å². The van der Waals surface area contributed by atoms with E-state index in [1.165, 1.54) is 5.56 Å². The molecule has 3 atom stereocenters. The van der Waals surface area contributed by atoms with Gasteiger partial charge in [0.1, 0.15) is 5.54 Å². The number of rotatable bonds is 2. The molecule has 0 aromatic heterocycles. The van der Waals surface area contributed by atoms with Gasteiger partial charge >= 0.3 is 0 Å². The average molecular weight is 324 g/mol. The second-order valence-electron chi connectivity index (χ2n) is 7.25. The second-order valence-corrected chi connectivity index (χ2v) is 7.25. The molecule has 1 aromatic carbocycles. The number of likely N-dealkylation sites (N-methyl/N-ethyl adjacent to an activating group) is 1. The van der Waals surface area contributed by atoms with E-state index in [0.717, 1.165) is 37.9 Å². The maximum atomic E-state index is 12.8. The van der Waals surface area contributed by atoms with Crippen molar-refractivity contribution in [1.29, 1.82) is 0 Å². The highest BCUT2D eigenvalue weighted by Crippen LogP contribution is 2.55. The molecule has 4 nitrogen and oxygen atoms in total. The van der Waals surface area contributed by atoms with E-state index >= 15 is 0 Å². The first-order valence-electron chi connectivity index (χ1n) is 8.89. The predicted octanol–water partition coefficient (Wildman–Crippen LogP) is 1.79. The molecule has 24 heavy (non-hydrogen) atoms. The molecule has 1 spiro atoms. The summed E-state index contributed by atoms with van der Waals surface area (Å²) in [4.78, 5) is 17.2.